The molecule has 2 N–H and O–H groups in total. The van der Waals surface area contributed by atoms with Crippen molar-refractivity contribution in [1.82, 2.24) is 10.6 Å². The third-order valence-electron chi connectivity index (χ3n) is 1.76. The second kappa shape index (κ2) is 5.74. The van der Waals surface area contributed by atoms with E-state index in [0.29, 0.717) is 11.5 Å². The van der Waals surface area contributed by atoms with Crippen LogP contribution in [-0.2, 0) is 0 Å². The van der Waals surface area contributed by atoms with E-state index in [-0.39, 0.29) is 12.8 Å². The third kappa shape index (κ3) is 3.38. The summed E-state index contributed by atoms with van der Waals surface area (Å²) in [7, 11) is 3.10. The molecule has 0 radical (unpaired) electrons. The van der Waals surface area contributed by atoms with Crippen molar-refractivity contribution in [3.8, 4) is 11.5 Å². The lowest BCUT2D eigenvalue weighted by atomic mass is 10.3. The fourth-order valence-electron chi connectivity index (χ4n) is 1.01. The number of amides is 2. The molecule has 2 amide bonds. The molecule has 1 aromatic carbocycles. The fraction of sp³-hybridized carbons (Fsp3) is 0.300. The smallest absolute Gasteiger partial charge is 0.317 e. The van der Waals surface area contributed by atoms with Crippen molar-refractivity contribution in [3.63, 3.8) is 0 Å². The van der Waals surface area contributed by atoms with Crippen molar-refractivity contribution >= 4 is 6.03 Å². The highest BCUT2D eigenvalue weighted by molar-refractivity contribution is 5.73. The number of hydrogen-bond acceptors (Lipinski definition) is 3. The van der Waals surface area contributed by atoms with Crippen molar-refractivity contribution in [1.29, 1.82) is 0 Å². The Balaban J connectivity index is 2.46. The number of benzene rings is 1. The van der Waals surface area contributed by atoms with Crippen molar-refractivity contribution in [3.05, 3.63) is 24.3 Å². The molecule has 0 unspecified atom stereocenters. The second-order valence-corrected chi connectivity index (χ2v) is 2.70. The van der Waals surface area contributed by atoms with Gasteiger partial charge in [-0.05, 0) is 12.1 Å². The first-order chi connectivity index (χ1) is 7.27. The average Bonchev–Trinajstić information content (AvgIpc) is 2.29. The first-order valence-corrected chi connectivity index (χ1v) is 4.49. The monoisotopic (exact) mass is 210 g/mol. The number of methoxy groups -OCH3 is 1. The van der Waals surface area contributed by atoms with Crippen LogP contribution in [0.4, 0.5) is 4.79 Å². The minimum absolute atomic E-state index is 0.0973. The lowest BCUT2D eigenvalue weighted by Crippen LogP contribution is -2.35. The molecule has 15 heavy (non-hydrogen) atoms. The molecular weight excluding hydrogens is 196 g/mol. The Hall–Kier alpha value is -1.91. The van der Waals surface area contributed by atoms with Crippen molar-refractivity contribution in [2.45, 2.75) is 0 Å². The van der Waals surface area contributed by atoms with E-state index in [0.717, 1.165) is 0 Å². The van der Waals surface area contributed by atoms with Gasteiger partial charge >= 0.3 is 6.03 Å². The minimum atomic E-state index is -0.287. The molecule has 0 aliphatic carbocycles. The second-order valence-electron chi connectivity index (χ2n) is 2.70. The van der Waals surface area contributed by atoms with Crippen LogP contribution in [0, 0.1) is 0 Å². The summed E-state index contributed by atoms with van der Waals surface area (Å²) in [6.07, 6.45) is 0. The maximum Gasteiger partial charge on any atom is 0.317 e. The van der Waals surface area contributed by atoms with E-state index in [1.807, 2.05) is 12.1 Å². The van der Waals surface area contributed by atoms with Gasteiger partial charge in [0, 0.05) is 7.05 Å². The molecule has 0 fully saturated rings. The van der Waals surface area contributed by atoms with Crippen LogP contribution < -0.4 is 20.1 Å². The van der Waals surface area contributed by atoms with Gasteiger partial charge in [-0.2, -0.15) is 0 Å². The number of carbonyl (C=O) groups is 1. The first kappa shape index (κ1) is 11.2. The van der Waals surface area contributed by atoms with Gasteiger partial charge in [0.25, 0.3) is 0 Å². The number of para-hydroxylation sites is 2. The summed E-state index contributed by atoms with van der Waals surface area (Å²) in [5.41, 5.74) is 0. The number of nitrogens with one attached hydrogen (secondary N) is 2. The Morgan fingerprint density at radius 3 is 2.60 bits per heavy atom. The summed E-state index contributed by atoms with van der Waals surface area (Å²) in [5.74, 6) is 1.23. The van der Waals surface area contributed by atoms with Crippen LogP contribution in [0.5, 0.6) is 11.5 Å². The van der Waals surface area contributed by atoms with Gasteiger partial charge in [0.05, 0.1) is 7.11 Å². The molecule has 0 spiro atoms. The maximum atomic E-state index is 10.8. The van der Waals surface area contributed by atoms with E-state index in [4.69, 9.17) is 9.47 Å². The summed E-state index contributed by atoms with van der Waals surface area (Å²) >= 11 is 0. The van der Waals surface area contributed by atoms with Crippen LogP contribution in [0.1, 0.15) is 0 Å². The molecule has 0 saturated carbocycles. The van der Waals surface area contributed by atoms with Gasteiger partial charge in [-0.25, -0.2) is 4.79 Å². The number of hydrogen-bond donors (Lipinski definition) is 2. The third-order valence-corrected chi connectivity index (χ3v) is 1.76. The summed E-state index contributed by atoms with van der Waals surface area (Å²) < 4.78 is 10.4. The fourth-order valence-corrected chi connectivity index (χ4v) is 1.01. The van der Waals surface area contributed by atoms with E-state index in [9.17, 15) is 4.79 Å². The van der Waals surface area contributed by atoms with Gasteiger partial charge in [-0.1, -0.05) is 12.1 Å². The Labute approximate surface area is 88.4 Å². The van der Waals surface area contributed by atoms with Crippen LogP contribution in [0.15, 0.2) is 24.3 Å². The van der Waals surface area contributed by atoms with E-state index in [1.165, 1.54) is 0 Å². The lowest BCUT2D eigenvalue weighted by molar-refractivity contribution is 0.223. The van der Waals surface area contributed by atoms with E-state index in [1.54, 1.807) is 26.3 Å². The highest BCUT2D eigenvalue weighted by Gasteiger charge is 2.02. The highest BCUT2D eigenvalue weighted by Crippen LogP contribution is 2.25. The predicted octanol–water partition coefficient (Wildman–Crippen LogP) is 0.960. The summed E-state index contributed by atoms with van der Waals surface area (Å²) in [6, 6.07) is 6.94. The molecule has 0 heterocycles. The van der Waals surface area contributed by atoms with Crippen LogP contribution >= 0.6 is 0 Å². The summed E-state index contributed by atoms with van der Waals surface area (Å²) in [5, 5.41) is 4.92. The van der Waals surface area contributed by atoms with Gasteiger partial charge in [-0.15, -0.1) is 0 Å². The van der Waals surface area contributed by atoms with Crippen molar-refractivity contribution in [2.75, 3.05) is 20.9 Å². The van der Waals surface area contributed by atoms with Crippen LogP contribution in [0.25, 0.3) is 0 Å². The normalized spacial score (nSPS) is 9.20. The molecule has 1 aromatic rings. The molecular formula is C10H14N2O3. The summed E-state index contributed by atoms with van der Waals surface area (Å²) in [6.45, 7) is 0.0973. The number of rotatable bonds is 4. The Bertz CT molecular complexity index is 328. The number of ether oxygens (including phenoxy) is 2. The highest BCUT2D eigenvalue weighted by atomic mass is 16.5. The largest absolute Gasteiger partial charge is 0.493 e. The molecule has 1 rings (SSSR count). The average molecular weight is 210 g/mol. The molecule has 0 atom stereocenters. The number of urea groups is 1. The van der Waals surface area contributed by atoms with Crippen molar-refractivity contribution in [2.24, 2.45) is 0 Å². The van der Waals surface area contributed by atoms with Crippen molar-refractivity contribution < 1.29 is 14.3 Å². The molecule has 5 nitrogen and oxygen atoms in total. The van der Waals surface area contributed by atoms with Gasteiger partial charge < -0.3 is 20.1 Å². The predicted molar refractivity (Wildman–Crippen MR) is 56.1 cm³/mol. The molecule has 0 aromatic heterocycles. The Morgan fingerprint density at radius 1 is 1.33 bits per heavy atom. The quantitative estimate of drug-likeness (QED) is 0.728. The summed E-state index contributed by atoms with van der Waals surface area (Å²) in [4.78, 5) is 10.8. The molecule has 0 saturated heterocycles. The zero-order valence-corrected chi connectivity index (χ0v) is 8.74. The SMILES string of the molecule is CNC(=O)NCOc1ccccc1OC. The zero-order chi connectivity index (χ0) is 11.1. The van der Waals surface area contributed by atoms with Gasteiger partial charge in [0.2, 0.25) is 0 Å². The van der Waals surface area contributed by atoms with Gasteiger partial charge in [0.1, 0.15) is 0 Å². The lowest BCUT2D eigenvalue weighted by Gasteiger charge is -2.10. The van der Waals surface area contributed by atoms with E-state index >= 15 is 0 Å². The van der Waals surface area contributed by atoms with Crippen LogP contribution in [-0.4, -0.2) is 26.9 Å². The molecule has 5 heteroatoms. The molecule has 82 valence electrons. The first-order valence-electron chi connectivity index (χ1n) is 4.49. The Kier molecular flexibility index (Phi) is 4.28. The van der Waals surface area contributed by atoms with Gasteiger partial charge in [0.15, 0.2) is 18.2 Å². The number of carbonyl (C=O) groups excluding carboxylic acids is 1. The Morgan fingerprint density at radius 2 is 2.00 bits per heavy atom. The van der Waals surface area contributed by atoms with Gasteiger partial charge in [-0.3, -0.25) is 0 Å². The molecule has 0 bridgehead atoms. The molecule has 0 aliphatic heterocycles. The minimum Gasteiger partial charge on any atom is -0.493 e. The van der Waals surface area contributed by atoms with Crippen LogP contribution in [0.2, 0.25) is 0 Å². The maximum absolute atomic E-state index is 10.8. The van der Waals surface area contributed by atoms with Crippen LogP contribution in [0.3, 0.4) is 0 Å². The standard InChI is InChI=1S/C10H14N2O3/c1-11-10(13)12-7-15-9-6-4-3-5-8(9)14-2/h3-6H,7H2,1-2H3,(H2,11,12,13). The topological polar surface area (TPSA) is 59.6 Å². The zero-order valence-electron chi connectivity index (χ0n) is 8.74. The van der Waals surface area contributed by atoms with E-state index in [2.05, 4.69) is 10.6 Å². The molecule has 0 aliphatic rings. The van der Waals surface area contributed by atoms with E-state index < -0.39 is 0 Å².